The molecule has 5 aromatic heterocycles. The average Bonchev–Trinajstić information content (AvgIpc) is 1.59. The Morgan fingerprint density at radius 1 is 0.250 bits per heavy atom. The Morgan fingerprint density at radius 3 is 1.17 bits per heavy atom. The van der Waals surface area contributed by atoms with Gasteiger partial charge in [-0.1, -0.05) is 297 Å². The maximum atomic E-state index is 4.63. The zero-order valence-corrected chi connectivity index (χ0v) is 59.4. The Bertz CT molecular complexity index is 5730. The maximum absolute atomic E-state index is 4.63. The van der Waals surface area contributed by atoms with Gasteiger partial charge >= 0.3 is 0 Å². The summed E-state index contributed by atoms with van der Waals surface area (Å²) >= 11 is 0. The number of aryl methyl sites for hydroxylation is 6. The second kappa shape index (κ2) is 31.9. The Balaban J connectivity index is 0.000000106. The molecule has 14 aromatic carbocycles. The van der Waals surface area contributed by atoms with Crippen molar-refractivity contribution in [2.75, 3.05) is 0 Å². The maximum Gasteiger partial charge on any atom is 0.168 e. The topological polar surface area (TPSA) is 71.3 Å². The van der Waals surface area contributed by atoms with Crippen molar-refractivity contribution in [3.05, 3.63) is 399 Å². The minimum Gasteiger partial charge on any atom is -0.344 e. The van der Waals surface area contributed by atoms with Crippen molar-refractivity contribution in [3.63, 3.8) is 0 Å². The highest BCUT2D eigenvalue weighted by Gasteiger charge is 2.14. The van der Waals surface area contributed by atoms with E-state index in [0.717, 1.165) is 62.4 Å². The van der Waals surface area contributed by atoms with Crippen molar-refractivity contribution in [1.29, 1.82) is 0 Å². The van der Waals surface area contributed by atoms with E-state index in [1.807, 2.05) is 130 Å². The van der Waals surface area contributed by atoms with E-state index in [1.165, 1.54) is 93.3 Å². The molecule has 0 saturated carbocycles. The molecule has 0 atom stereocenters. The molecular formula is C96H80N8. The van der Waals surface area contributed by atoms with Gasteiger partial charge in [0.2, 0.25) is 0 Å². The number of pyridine rings is 1. The van der Waals surface area contributed by atoms with Crippen LogP contribution in [0.15, 0.2) is 376 Å². The summed E-state index contributed by atoms with van der Waals surface area (Å²) in [6.07, 6.45) is 0. The fourth-order valence-electron chi connectivity index (χ4n) is 13.7. The van der Waals surface area contributed by atoms with Crippen molar-refractivity contribution >= 4 is 65.4 Å². The first-order chi connectivity index (χ1) is 51.1. The third-order valence-corrected chi connectivity index (χ3v) is 18.7. The second-order valence-corrected chi connectivity index (χ2v) is 25.7. The van der Waals surface area contributed by atoms with Crippen LogP contribution in [0.4, 0.5) is 0 Å². The molecule has 0 aliphatic heterocycles. The minimum absolute atomic E-state index is 0.874. The quantitative estimate of drug-likeness (QED) is 0.159. The van der Waals surface area contributed by atoms with Gasteiger partial charge in [0.1, 0.15) is 11.6 Å². The normalized spacial score (nSPS) is 10.8. The molecule has 0 radical (unpaired) electrons. The first-order valence-corrected chi connectivity index (χ1v) is 35.2. The monoisotopic (exact) mass is 1340 g/mol. The fourth-order valence-corrected chi connectivity index (χ4v) is 13.7. The average molecular weight is 1350 g/mol. The molecule has 0 bridgehead atoms. The highest BCUT2D eigenvalue weighted by Crippen LogP contribution is 2.35. The number of hydrogen-bond acceptors (Lipinski definition) is 4. The molecule has 0 unspecified atom stereocenters. The smallest absolute Gasteiger partial charge is 0.168 e. The van der Waals surface area contributed by atoms with Crippen molar-refractivity contribution < 1.29 is 0 Å². The molecular weight excluding hydrogens is 1270 g/mol. The van der Waals surface area contributed by atoms with Gasteiger partial charge in [-0.15, -0.1) is 10.2 Å². The predicted octanol–water partition coefficient (Wildman–Crippen LogP) is 24.4. The Kier molecular flexibility index (Phi) is 20.8. The van der Waals surface area contributed by atoms with Crippen LogP contribution < -0.4 is 0 Å². The summed E-state index contributed by atoms with van der Waals surface area (Å²) in [7, 11) is 4.25. The molecule has 504 valence electrons. The van der Waals surface area contributed by atoms with E-state index in [2.05, 4.69) is 326 Å². The largest absolute Gasteiger partial charge is 0.344 e. The van der Waals surface area contributed by atoms with E-state index in [9.17, 15) is 0 Å². The molecule has 0 aliphatic carbocycles. The van der Waals surface area contributed by atoms with E-state index in [4.69, 9.17) is 0 Å². The number of fused-ring (bicyclic) bond motifs is 9. The van der Waals surface area contributed by atoms with Crippen LogP contribution >= 0.6 is 0 Å². The molecule has 0 aliphatic rings. The predicted molar refractivity (Wildman–Crippen MR) is 438 cm³/mol. The lowest BCUT2D eigenvalue weighted by Crippen LogP contribution is -1.99. The van der Waals surface area contributed by atoms with Gasteiger partial charge in [0.15, 0.2) is 5.82 Å². The van der Waals surface area contributed by atoms with Gasteiger partial charge in [-0.3, -0.25) is 14.1 Å². The zero-order chi connectivity index (χ0) is 71.1. The molecule has 19 rings (SSSR count). The van der Waals surface area contributed by atoms with Crippen molar-refractivity contribution in [3.8, 4) is 67.4 Å². The van der Waals surface area contributed by atoms with Gasteiger partial charge in [0.05, 0.1) is 16.7 Å². The molecule has 8 heteroatoms. The van der Waals surface area contributed by atoms with Crippen molar-refractivity contribution in [2.24, 2.45) is 14.1 Å². The van der Waals surface area contributed by atoms with E-state index in [0.29, 0.717) is 0 Å². The Morgan fingerprint density at radius 2 is 0.644 bits per heavy atom. The number of imidazole rings is 1. The summed E-state index contributed by atoms with van der Waals surface area (Å²) in [5, 5.41) is 16.5. The SMILES string of the molecule is Cc1cc(-c2ccccc2)cc(-c2ccccc2)c1.Cc1cc(-c2ccccc2)cc(-c2ccccc2)n1.Cc1nc2ccccc2n1-c1ccccc1.Cc1nnc(-c2ccccc2)n1-c1ccccc1.Cn1c2ccccc2c2c3ccccc3ccc21.Cn1c2ccccc2c2ccccc21. The number of para-hydroxylation sites is 7. The number of nitrogens with zero attached hydrogens (tertiary/aromatic N) is 8. The lowest BCUT2D eigenvalue weighted by Gasteiger charge is -2.08. The second-order valence-electron chi connectivity index (χ2n) is 25.7. The zero-order valence-electron chi connectivity index (χ0n) is 59.4. The lowest BCUT2D eigenvalue weighted by atomic mass is 9.97. The molecule has 19 aromatic rings. The number of hydrogen-bond donors (Lipinski definition) is 0. The minimum atomic E-state index is 0.874. The molecule has 104 heavy (non-hydrogen) atoms. The number of rotatable bonds is 7. The van der Waals surface area contributed by atoms with Gasteiger partial charge in [-0.05, 0) is 156 Å². The van der Waals surface area contributed by atoms with Gasteiger partial charge in [0, 0.05) is 85.9 Å². The van der Waals surface area contributed by atoms with Crippen LogP contribution in [0, 0.1) is 27.7 Å². The molecule has 8 nitrogen and oxygen atoms in total. The van der Waals surface area contributed by atoms with Gasteiger partial charge in [-0.2, -0.15) is 0 Å². The van der Waals surface area contributed by atoms with Crippen LogP contribution in [0.5, 0.6) is 0 Å². The first-order valence-electron chi connectivity index (χ1n) is 35.2. The highest BCUT2D eigenvalue weighted by atomic mass is 15.3. The molecule has 0 N–H and O–H groups in total. The number of benzene rings is 14. The highest BCUT2D eigenvalue weighted by molar-refractivity contribution is 6.20. The first kappa shape index (κ1) is 67.9. The van der Waals surface area contributed by atoms with E-state index >= 15 is 0 Å². The Labute approximate surface area is 608 Å². The lowest BCUT2D eigenvalue weighted by molar-refractivity contribution is 0.972. The van der Waals surface area contributed by atoms with Crippen molar-refractivity contribution in [1.82, 2.24) is 38.4 Å². The summed E-state index contributed by atoms with van der Waals surface area (Å²) in [4.78, 5) is 9.18. The summed E-state index contributed by atoms with van der Waals surface area (Å²) in [5.74, 6) is 2.78. The van der Waals surface area contributed by atoms with Crippen LogP contribution in [0.1, 0.15) is 22.9 Å². The third-order valence-electron chi connectivity index (χ3n) is 18.7. The molecule has 0 amide bonds. The summed E-state index contributed by atoms with van der Waals surface area (Å²) in [6.45, 7) is 8.19. The standard InChI is InChI=1S/C19H16.C18H15N.C17H13N.C15H13N3.C14H12N2.C13H11N/c1-15-12-18(16-8-4-2-5-9-16)14-19(13-15)17-10-6-3-7-11-17;1-14-12-17(15-8-4-2-5-9-15)13-18(19-14)16-10-6-3-7-11-16;1-18-15-9-5-4-8-14(15)17-13-7-3-2-6-12(13)10-11-16(17)18;1-12-16-17-15(13-8-4-2-5-9-13)18(12)14-10-6-3-7-11-14;1-11-15-13-9-5-6-10-14(13)16(11)12-7-3-2-4-8-12;1-14-12-8-4-2-6-10(12)11-7-3-5-9-13(11)14/h2-14H,1H3;2-13H,1H3;2*2-11H,1H3;2-10H,1H3;2-9H,1H3. The van der Waals surface area contributed by atoms with Gasteiger partial charge in [0.25, 0.3) is 0 Å². The fraction of sp³-hybridized carbons (Fsp3) is 0.0625. The molecule has 0 saturated heterocycles. The van der Waals surface area contributed by atoms with Crippen LogP contribution in [-0.2, 0) is 14.1 Å². The third kappa shape index (κ3) is 15.2. The molecule has 0 spiro atoms. The van der Waals surface area contributed by atoms with Crippen LogP contribution in [0.3, 0.4) is 0 Å². The van der Waals surface area contributed by atoms with E-state index in [-0.39, 0.29) is 0 Å². The van der Waals surface area contributed by atoms with Crippen molar-refractivity contribution in [2.45, 2.75) is 27.7 Å². The summed E-state index contributed by atoms with van der Waals surface area (Å²) in [6, 6.07) is 130. The van der Waals surface area contributed by atoms with E-state index < -0.39 is 0 Å². The number of aromatic nitrogens is 8. The van der Waals surface area contributed by atoms with Crippen LogP contribution in [0.25, 0.3) is 133 Å². The van der Waals surface area contributed by atoms with Gasteiger partial charge < -0.3 is 9.13 Å². The summed E-state index contributed by atoms with van der Waals surface area (Å²) < 4.78 is 8.76. The van der Waals surface area contributed by atoms with Crippen LogP contribution in [-0.4, -0.2) is 38.4 Å². The summed E-state index contributed by atoms with van der Waals surface area (Å²) in [5.41, 5.74) is 22.8. The molecule has 0 fully saturated rings. The molecule has 5 heterocycles. The van der Waals surface area contributed by atoms with Crippen LogP contribution in [0.2, 0.25) is 0 Å². The van der Waals surface area contributed by atoms with E-state index in [1.54, 1.807) is 0 Å². The Hall–Kier alpha value is -13.3. The van der Waals surface area contributed by atoms with Gasteiger partial charge in [-0.25, -0.2) is 4.98 Å².